The molecule has 1 atom stereocenters. The summed E-state index contributed by atoms with van der Waals surface area (Å²) in [6, 6.07) is 3.61. The maximum absolute atomic E-state index is 15.2. The van der Waals surface area contributed by atoms with Gasteiger partial charge in [0.15, 0.2) is 0 Å². The Bertz CT molecular complexity index is 1050. The molecule has 1 aromatic carbocycles. The molecule has 0 saturated carbocycles. The SMILES string of the molecule is CC.CCOC(=O)N(C(=O)OCC)c1ccc(F)c(C(C)(Cn2cc(Br)cn2)NC(=O)OC(C)(C)C)c1. The van der Waals surface area contributed by atoms with Crippen molar-refractivity contribution in [2.75, 3.05) is 18.1 Å². The molecular formula is C25H36BrFN4O6. The van der Waals surface area contributed by atoms with Crippen LogP contribution in [0.1, 0.15) is 61.0 Å². The maximum atomic E-state index is 15.2. The van der Waals surface area contributed by atoms with Gasteiger partial charge in [-0.15, -0.1) is 0 Å². The summed E-state index contributed by atoms with van der Waals surface area (Å²) in [5.41, 5.74) is -2.24. The van der Waals surface area contributed by atoms with E-state index in [9.17, 15) is 14.4 Å². The summed E-state index contributed by atoms with van der Waals surface area (Å²) in [4.78, 5) is 38.4. The van der Waals surface area contributed by atoms with Gasteiger partial charge in [0.2, 0.25) is 0 Å². The number of halogens is 2. The number of rotatable bonds is 7. The molecule has 1 unspecified atom stereocenters. The number of imide groups is 1. The van der Waals surface area contributed by atoms with Crippen LogP contribution in [0.25, 0.3) is 0 Å². The first-order chi connectivity index (χ1) is 17.3. The van der Waals surface area contributed by atoms with E-state index in [4.69, 9.17) is 14.2 Å². The molecule has 1 heterocycles. The Morgan fingerprint density at radius 2 is 1.65 bits per heavy atom. The van der Waals surface area contributed by atoms with Crippen molar-refractivity contribution in [1.82, 2.24) is 15.1 Å². The number of carbonyl (C=O) groups excluding carboxylic acids is 3. The molecule has 0 radical (unpaired) electrons. The molecule has 1 N–H and O–H groups in total. The van der Waals surface area contributed by atoms with Crippen molar-refractivity contribution in [3.8, 4) is 0 Å². The van der Waals surface area contributed by atoms with Crippen molar-refractivity contribution >= 4 is 39.9 Å². The quantitative estimate of drug-likeness (QED) is 0.375. The standard InChI is InChI=1S/C23H30BrFN4O6.C2H6/c1-7-33-20(31)29(21(32)34-8-2)16-9-10-18(25)17(11-16)23(6,14-28-13-15(24)12-26-28)27-19(30)35-22(3,4)5;1-2/h9-13H,7-8,14H2,1-6H3,(H,27,30);1-2H3. The highest BCUT2D eigenvalue weighted by Crippen LogP contribution is 2.31. The zero-order valence-corrected chi connectivity index (χ0v) is 24.1. The predicted octanol–water partition coefficient (Wildman–Crippen LogP) is 6.37. The molecule has 0 bridgehead atoms. The van der Waals surface area contributed by atoms with Crippen LogP contribution in [0, 0.1) is 5.82 Å². The number of amides is 3. The molecule has 12 heteroatoms. The molecule has 0 aliphatic carbocycles. The van der Waals surface area contributed by atoms with Crippen LogP contribution in [0.15, 0.2) is 35.1 Å². The average molecular weight is 587 g/mol. The predicted molar refractivity (Wildman–Crippen MR) is 141 cm³/mol. The number of anilines is 1. The Morgan fingerprint density at radius 1 is 1.08 bits per heavy atom. The molecule has 3 amide bonds. The van der Waals surface area contributed by atoms with Crippen LogP contribution in [0.3, 0.4) is 0 Å². The lowest BCUT2D eigenvalue weighted by molar-refractivity contribution is 0.0445. The van der Waals surface area contributed by atoms with Gasteiger partial charge in [-0.1, -0.05) is 13.8 Å². The molecule has 0 saturated heterocycles. The largest absolute Gasteiger partial charge is 0.449 e. The molecule has 2 rings (SSSR count). The van der Waals surface area contributed by atoms with E-state index >= 15 is 4.39 Å². The highest BCUT2D eigenvalue weighted by molar-refractivity contribution is 9.10. The lowest BCUT2D eigenvalue weighted by Crippen LogP contribution is -2.49. The fourth-order valence-corrected chi connectivity index (χ4v) is 3.53. The van der Waals surface area contributed by atoms with E-state index in [0.29, 0.717) is 9.37 Å². The number of alkyl carbamates (subject to hydrolysis) is 1. The van der Waals surface area contributed by atoms with Crippen molar-refractivity contribution in [2.45, 2.75) is 73.1 Å². The molecule has 0 aliphatic heterocycles. The summed E-state index contributed by atoms with van der Waals surface area (Å²) in [5, 5.41) is 6.91. The molecular weight excluding hydrogens is 551 g/mol. The van der Waals surface area contributed by atoms with E-state index < -0.39 is 35.2 Å². The smallest absolute Gasteiger partial charge is 0.423 e. The Hall–Kier alpha value is -3.15. The topological polar surface area (TPSA) is 112 Å². The van der Waals surface area contributed by atoms with E-state index in [0.717, 1.165) is 6.07 Å². The number of nitrogens with zero attached hydrogens (tertiary/aromatic N) is 3. The van der Waals surface area contributed by atoms with Crippen LogP contribution in [0.5, 0.6) is 0 Å². The number of nitrogens with one attached hydrogen (secondary N) is 1. The molecule has 2 aromatic rings. The zero-order valence-electron chi connectivity index (χ0n) is 22.6. The third-order valence-electron chi connectivity index (χ3n) is 4.56. The Kier molecular flexibility index (Phi) is 12.0. The molecule has 1 aromatic heterocycles. The van der Waals surface area contributed by atoms with E-state index in [1.165, 1.54) is 16.8 Å². The number of hydrogen-bond donors (Lipinski definition) is 1. The highest BCUT2D eigenvalue weighted by atomic mass is 79.9. The van der Waals surface area contributed by atoms with Crippen LogP contribution in [-0.2, 0) is 26.3 Å². The summed E-state index contributed by atoms with van der Waals surface area (Å²) >= 11 is 3.31. The summed E-state index contributed by atoms with van der Waals surface area (Å²) in [6.07, 6.45) is 0.441. The van der Waals surface area contributed by atoms with E-state index in [1.54, 1.807) is 53.9 Å². The lowest BCUT2D eigenvalue weighted by atomic mass is 9.90. The van der Waals surface area contributed by atoms with Crippen molar-refractivity contribution < 1.29 is 33.0 Å². The first-order valence-electron chi connectivity index (χ1n) is 11.9. The summed E-state index contributed by atoms with van der Waals surface area (Å²) in [6.45, 7) is 13.9. The molecule has 0 spiro atoms. The highest BCUT2D eigenvalue weighted by Gasteiger charge is 2.36. The monoisotopic (exact) mass is 586 g/mol. The molecule has 0 aliphatic rings. The van der Waals surface area contributed by atoms with E-state index in [1.807, 2.05) is 13.8 Å². The van der Waals surface area contributed by atoms with Gasteiger partial charge in [-0.05, 0) is 75.7 Å². The Balaban J connectivity index is 0.00000334. The van der Waals surface area contributed by atoms with Gasteiger partial charge >= 0.3 is 18.3 Å². The summed E-state index contributed by atoms with van der Waals surface area (Å²) < 4.78 is 32.8. The van der Waals surface area contributed by atoms with E-state index in [2.05, 4.69) is 26.3 Å². The Labute approximate surface area is 225 Å². The normalized spacial score (nSPS) is 12.4. The first kappa shape index (κ1) is 31.9. The van der Waals surface area contributed by atoms with Gasteiger partial charge < -0.3 is 19.5 Å². The first-order valence-corrected chi connectivity index (χ1v) is 12.7. The molecule has 0 fully saturated rings. The van der Waals surface area contributed by atoms with Gasteiger partial charge in [0.1, 0.15) is 11.4 Å². The minimum absolute atomic E-state index is 0.00263. The second-order valence-electron chi connectivity index (χ2n) is 8.71. The van der Waals surface area contributed by atoms with Crippen LogP contribution in [0.4, 0.5) is 24.5 Å². The third-order valence-corrected chi connectivity index (χ3v) is 4.97. The average Bonchev–Trinajstić information content (AvgIpc) is 3.19. The minimum atomic E-state index is -1.41. The number of carbonyl (C=O) groups is 3. The number of aromatic nitrogens is 2. The molecule has 10 nitrogen and oxygen atoms in total. The van der Waals surface area contributed by atoms with Crippen LogP contribution < -0.4 is 10.2 Å². The number of hydrogen-bond acceptors (Lipinski definition) is 7. The van der Waals surface area contributed by atoms with Crippen LogP contribution in [0.2, 0.25) is 0 Å². The van der Waals surface area contributed by atoms with Gasteiger partial charge in [0, 0.05) is 11.8 Å². The molecule has 206 valence electrons. The van der Waals surface area contributed by atoms with Crippen LogP contribution >= 0.6 is 15.9 Å². The van der Waals surface area contributed by atoms with Gasteiger partial charge in [-0.3, -0.25) is 4.68 Å². The second-order valence-corrected chi connectivity index (χ2v) is 9.63. The van der Waals surface area contributed by atoms with Gasteiger partial charge in [0.05, 0.1) is 41.7 Å². The number of ether oxygens (including phenoxy) is 3. The fourth-order valence-electron chi connectivity index (χ4n) is 3.21. The lowest BCUT2D eigenvalue weighted by Gasteiger charge is -2.33. The Morgan fingerprint density at radius 3 is 2.11 bits per heavy atom. The van der Waals surface area contributed by atoms with Crippen LogP contribution in [-0.4, -0.2) is 46.9 Å². The van der Waals surface area contributed by atoms with Gasteiger partial charge in [-0.25, -0.2) is 18.8 Å². The zero-order chi connectivity index (χ0) is 28.4. The maximum Gasteiger partial charge on any atom is 0.423 e. The summed E-state index contributed by atoms with van der Waals surface area (Å²) in [7, 11) is 0. The van der Waals surface area contributed by atoms with E-state index in [-0.39, 0.29) is 31.0 Å². The van der Waals surface area contributed by atoms with Crippen molar-refractivity contribution in [2.24, 2.45) is 0 Å². The fraction of sp³-hybridized carbons (Fsp3) is 0.520. The summed E-state index contributed by atoms with van der Waals surface area (Å²) in [5.74, 6) is -0.689. The van der Waals surface area contributed by atoms with Crippen molar-refractivity contribution in [3.63, 3.8) is 0 Å². The van der Waals surface area contributed by atoms with Gasteiger partial charge in [0.25, 0.3) is 0 Å². The van der Waals surface area contributed by atoms with Gasteiger partial charge in [-0.2, -0.15) is 10.00 Å². The molecule has 37 heavy (non-hydrogen) atoms. The minimum Gasteiger partial charge on any atom is -0.449 e. The van der Waals surface area contributed by atoms with Crippen molar-refractivity contribution in [3.05, 3.63) is 46.4 Å². The number of benzene rings is 1. The third kappa shape index (κ3) is 9.34. The second kappa shape index (κ2) is 14.0. The van der Waals surface area contributed by atoms with Crippen molar-refractivity contribution in [1.29, 1.82) is 0 Å².